The molecule has 1 aliphatic rings. The molecule has 0 aliphatic heterocycles. The Hall–Kier alpha value is -1.88. The van der Waals surface area contributed by atoms with E-state index in [1.165, 1.54) is 0 Å². The molecular weight excluding hydrogens is 266 g/mol. The number of fused-ring (bicyclic) bond motifs is 1. The smallest absolute Gasteiger partial charge is 0.251 e. The topological polar surface area (TPSA) is 78.0 Å². The Morgan fingerprint density at radius 3 is 3.00 bits per heavy atom. The number of aromatic amines is 1. The minimum Gasteiger partial charge on any atom is -0.388 e. The lowest BCUT2D eigenvalue weighted by Crippen LogP contribution is -2.45. The Morgan fingerprint density at radius 1 is 1.48 bits per heavy atom. The molecule has 5 heteroatoms. The predicted octanol–water partition coefficient (Wildman–Crippen LogP) is 2.23. The molecule has 21 heavy (non-hydrogen) atoms. The molecule has 5 nitrogen and oxygen atoms in total. The van der Waals surface area contributed by atoms with Gasteiger partial charge in [-0.05, 0) is 43.7 Å². The van der Waals surface area contributed by atoms with Gasteiger partial charge in [-0.15, -0.1) is 0 Å². The summed E-state index contributed by atoms with van der Waals surface area (Å²) in [5, 5.41) is 21.1. The zero-order valence-corrected chi connectivity index (χ0v) is 12.2. The highest BCUT2D eigenvalue weighted by molar-refractivity contribution is 5.97. The van der Waals surface area contributed by atoms with Gasteiger partial charge in [-0.3, -0.25) is 9.89 Å². The molecule has 1 heterocycles. The standard InChI is InChI=1S/C16H21N3O2/c1-11-4-6-16(21,7-5-11)10-17-15(20)12-2-3-13-9-18-19-14(13)8-12/h2-3,8-9,11,21H,4-7,10H2,1H3,(H,17,20)(H,18,19). The second kappa shape index (κ2) is 5.48. The number of nitrogens with one attached hydrogen (secondary N) is 2. The summed E-state index contributed by atoms with van der Waals surface area (Å²) in [4.78, 5) is 12.2. The van der Waals surface area contributed by atoms with Crippen molar-refractivity contribution in [3.05, 3.63) is 30.0 Å². The summed E-state index contributed by atoms with van der Waals surface area (Å²) < 4.78 is 0. The third kappa shape index (κ3) is 3.08. The number of hydrogen-bond donors (Lipinski definition) is 3. The number of benzene rings is 1. The first-order chi connectivity index (χ1) is 10.1. The zero-order valence-electron chi connectivity index (χ0n) is 12.2. The second-order valence-electron chi connectivity index (χ2n) is 6.26. The van der Waals surface area contributed by atoms with E-state index < -0.39 is 5.60 Å². The van der Waals surface area contributed by atoms with Crippen LogP contribution < -0.4 is 5.32 Å². The van der Waals surface area contributed by atoms with Gasteiger partial charge in [0.15, 0.2) is 0 Å². The van der Waals surface area contributed by atoms with Crippen LogP contribution in [0.2, 0.25) is 0 Å². The van der Waals surface area contributed by atoms with Gasteiger partial charge in [0.25, 0.3) is 5.91 Å². The fraction of sp³-hybridized carbons (Fsp3) is 0.500. The normalized spacial score (nSPS) is 25.9. The molecule has 1 aromatic heterocycles. The molecule has 2 aromatic rings. The maximum atomic E-state index is 12.2. The minimum absolute atomic E-state index is 0.154. The van der Waals surface area contributed by atoms with Crippen molar-refractivity contribution >= 4 is 16.8 Å². The maximum absolute atomic E-state index is 12.2. The number of H-pyrrole nitrogens is 1. The van der Waals surface area contributed by atoms with E-state index >= 15 is 0 Å². The number of hydrogen-bond acceptors (Lipinski definition) is 3. The third-order valence-electron chi connectivity index (χ3n) is 4.49. The lowest BCUT2D eigenvalue weighted by molar-refractivity contribution is -0.00539. The molecule has 1 aromatic carbocycles. The van der Waals surface area contributed by atoms with Crippen LogP contribution in [0.15, 0.2) is 24.4 Å². The Morgan fingerprint density at radius 2 is 2.24 bits per heavy atom. The average Bonchev–Trinajstić information content (AvgIpc) is 2.96. The minimum atomic E-state index is -0.750. The largest absolute Gasteiger partial charge is 0.388 e. The molecule has 0 radical (unpaired) electrons. The van der Waals surface area contributed by atoms with Crippen LogP contribution in [-0.4, -0.2) is 33.4 Å². The molecule has 3 rings (SSSR count). The van der Waals surface area contributed by atoms with E-state index in [0.29, 0.717) is 18.0 Å². The lowest BCUT2D eigenvalue weighted by Gasteiger charge is -2.34. The van der Waals surface area contributed by atoms with E-state index in [1.54, 1.807) is 18.3 Å². The number of rotatable bonds is 3. The van der Waals surface area contributed by atoms with Crippen LogP contribution in [0.1, 0.15) is 43.0 Å². The third-order valence-corrected chi connectivity index (χ3v) is 4.49. The molecule has 1 fully saturated rings. The fourth-order valence-corrected chi connectivity index (χ4v) is 2.90. The summed E-state index contributed by atoms with van der Waals surface area (Å²) in [7, 11) is 0. The van der Waals surface area contributed by atoms with Crippen molar-refractivity contribution in [3.8, 4) is 0 Å². The molecule has 0 atom stereocenters. The first-order valence-electron chi connectivity index (χ1n) is 7.49. The fourth-order valence-electron chi connectivity index (χ4n) is 2.90. The van der Waals surface area contributed by atoms with Gasteiger partial charge in [-0.2, -0.15) is 5.10 Å². The highest BCUT2D eigenvalue weighted by Gasteiger charge is 2.32. The SMILES string of the molecule is CC1CCC(O)(CNC(=O)c2ccc3cn[nH]c3c2)CC1. The van der Waals surface area contributed by atoms with Crippen LogP contribution in [0.3, 0.4) is 0 Å². The second-order valence-corrected chi connectivity index (χ2v) is 6.26. The zero-order chi connectivity index (χ0) is 14.9. The molecule has 0 spiro atoms. The summed E-state index contributed by atoms with van der Waals surface area (Å²) in [5.41, 5.74) is 0.674. The van der Waals surface area contributed by atoms with Gasteiger partial charge in [0, 0.05) is 17.5 Å². The number of aliphatic hydroxyl groups is 1. The number of carbonyl (C=O) groups excluding carboxylic acids is 1. The van der Waals surface area contributed by atoms with Crippen molar-refractivity contribution in [2.45, 2.75) is 38.2 Å². The van der Waals surface area contributed by atoms with Crippen LogP contribution in [0.5, 0.6) is 0 Å². The van der Waals surface area contributed by atoms with Crippen LogP contribution >= 0.6 is 0 Å². The van der Waals surface area contributed by atoms with Gasteiger partial charge in [-0.25, -0.2) is 0 Å². The summed E-state index contributed by atoms with van der Waals surface area (Å²) in [6.07, 6.45) is 5.28. The Labute approximate surface area is 123 Å². The van der Waals surface area contributed by atoms with Crippen molar-refractivity contribution in [2.75, 3.05) is 6.54 Å². The van der Waals surface area contributed by atoms with E-state index in [2.05, 4.69) is 22.4 Å². The molecule has 1 amide bonds. The predicted molar refractivity (Wildman–Crippen MR) is 81.0 cm³/mol. The van der Waals surface area contributed by atoms with E-state index in [0.717, 1.165) is 36.6 Å². The number of carbonyl (C=O) groups is 1. The number of nitrogens with zero attached hydrogens (tertiary/aromatic N) is 1. The molecule has 0 unspecified atom stereocenters. The summed E-state index contributed by atoms with van der Waals surface area (Å²) in [6, 6.07) is 5.43. The molecule has 1 aliphatic carbocycles. The van der Waals surface area contributed by atoms with Crippen molar-refractivity contribution in [1.29, 1.82) is 0 Å². The van der Waals surface area contributed by atoms with Gasteiger partial charge in [0.1, 0.15) is 0 Å². The van der Waals surface area contributed by atoms with Crippen LogP contribution in [0, 0.1) is 5.92 Å². The van der Waals surface area contributed by atoms with E-state index in [4.69, 9.17) is 0 Å². The summed E-state index contributed by atoms with van der Waals surface area (Å²) in [6.45, 7) is 2.53. The average molecular weight is 287 g/mol. The van der Waals surface area contributed by atoms with Crippen molar-refractivity contribution in [3.63, 3.8) is 0 Å². The van der Waals surface area contributed by atoms with Crippen LogP contribution in [0.25, 0.3) is 10.9 Å². The monoisotopic (exact) mass is 287 g/mol. The van der Waals surface area contributed by atoms with Crippen molar-refractivity contribution < 1.29 is 9.90 Å². The van der Waals surface area contributed by atoms with E-state index in [1.807, 2.05) is 6.07 Å². The van der Waals surface area contributed by atoms with E-state index in [-0.39, 0.29) is 5.91 Å². The van der Waals surface area contributed by atoms with Gasteiger partial charge < -0.3 is 10.4 Å². The Balaban J connectivity index is 1.63. The molecule has 0 saturated heterocycles. The van der Waals surface area contributed by atoms with Crippen molar-refractivity contribution in [1.82, 2.24) is 15.5 Å². The highest BCUT2D eigenvalue weighted by atomic mass is 16.3. The first kappa shape index (κ1) is 14.1. The van der Waals surface area contributed by atoms with Crippen molar-refractivity contribution in [2.24, 2.45) is 5.92 Å². The maximum Gasteiger partial charge on any atom is 0.251 e. The van der Waals surface area contributed by atoms with Crippen LogP contribution in [-0.2, 0) is 0 Å². The molecule has 1 saturated carbocycles. The van der Waals surface area contributed by atoms with Crippen LogP contribution in [0.4, 0.5) is 0 Å². The molecule has 0 bridgehead atoms. The number of aromatic nitrogens is 2. The lowest BCUT2D eigenvalue weighted by atomic mass is 9.79. The van der Waals surface area contributed by atoms with Gasteiger partial charge in [0.2, 0.25) is 0 Å². The van der Waals surface area contributed by atoms with E-state index in [9.17, 15) is 9.90 Å². The quantitative estimate of drug-likeness (QED) is 0.810. The highest BCUT2D eigenvalue weighted by Crippen LogP contribution is 2.31. The molecular formula is C16H21N3O2. The molecule has 112 valence electrons. The van der Waals surface area contributed by atoms with Gasteiger partial charge in [-0.1, -0.05) is 13.0 Å². The Kier molecular flexibility index (Phi) is 3.68. The number of amides is 1. The summed E-state index contributed by atoms with van der Waals surface area (Å²) in [5.74, 6) is 0.516. The Bertz CT molecular complexity index is 642. The first-order valence-corrected chi connectivity index (χ1v) is 7.49. The summed E-state index contributed by atoms with van der Waals surface area (Å²) >= 11 is 0. The van der Waals surface area contributed by atoms with Gasteiger partial charge >= 0.3 is 0 Å². The molecule has 3 N–H and O–H groups in total. The van der Waals surface area contributed by atoms with Gasteiger partial charge in [0.05, 0.1) is 17.3 Å².